The monoisotopic (exact) mass is 296 g/mol. The molecule has 2 aromatic rings. The van der Waals surface area contributed by atoms with Crippen molar-refractivity contribution in [3.8, 4) is 0 Å². The lowest BCUT2D eigenvalue weighted by molar-refractivity contribution is 0.581. The van der Waals surface area contributed by atoms with Gasteiger partial charge in [0.25, 0.3) is 0 Å². The number of aryl methyl sites for hydroxylation is 3. The lowest BCUT2D eigenvalue weighted by Gasteiger charge is -2.06. The van der Waals surface area contributed by atoms with Crippen molar-refractivity contribution in [2.45, 2.75) is 32.2 Å². The van der Waals surface area contributed by atoms with Gasteiger partial charge in [0.15, 0.2) is 0 Å². The average Bonchev–Trinajstić information content (AvgIpc) is 2.66. The van der Waals surface area contributed by atoms with Gasteiger partial charge in [0.2, 0.25) is 10.0 Å². The first-order valence-electron chi connectivity index (χ1n) is 5.88. The smallest absolute Gasteiger partial charge is 0.240 e. The van der Waals surface area contributed by atoms with Gasteiger partial charge in [-0.15, -0.1) is 11.3 Å². The number of benzene rings is 1. The predicted molar refractivity (Wildman–Crippen MR) is 76.8 cm³/mol. The summed E-state index contributed by atoms with van der Waals surface area (Å²) in [5.74, 6) is 0. The normalized spacial score (nSPS) is 11.7. The van der Waals surface area contributed by atoms with Gasteiger partial charge in [0.1, 0.15) is 0 Å². The number of aromatic nitrogens is 1. The van der Waals surface area contributed by atoms with Gasteiger partial charge in [-0.25, -0.2) is 18.1 Å². The van der Waals surface area contributed by atoms with Gasteiger partial charge in [-0.05, 0) is 32.9 Å². The van der Waals surface area contributed by atoms with Crippen LogP contribution in [-0.2, 0) is 16.6 Å². The molecule has 1 aromatic carbocycles. The maximum absolute atomic E-state index is 12.1. The average molecular weight is 296 g/mol. The van der Waals surface area contributed by atoms with Crippen LogP contribution in [0.25, 0.3) is 0 Å². The number of nitrogens with one attached hydrogen (secondary N) is 1. The molecule has 4 nitrogen and oxygen atoms in total. The quantitative estimate of drug-likeness (QED) is 0.943. The molecule has 0 aliphatic rings. The van der Waals surface area contributed by atoms with Crippen molar-refractivity contribution >= 4 is 21.4 Å². The Bertz CT molecular complexity index is 673. The molecule has 0 fully saturated rings. The van der Waals surface area contributed by atoms with Crippen LogP contribution in [0.4, 0.5) is 0 Å². The summed E-state index contributed by atoms with van der Waals surface area (Å²) < 4.78 is 26.8. The van der Waals surface area contributed by atoms with Crippen molar-refractivity contribution in [1.29, 1.82) is 0 Å². The zero-order chi connectivity index (χ0) is 14.0. The van der Waals surface area contributed by atoms with Gasteiger partial charge in [0.05, 0.1) is 15.6 Å². The highest BCUT2D eigenvalue weighted by atomic mass is 32.2. The lowest BCUT2D eigenvalue weighted by Crippen LogP contribution is -2.23. The van der Waals surface area contributed by atoms with Crippen LogP contribution in [0.5, 0.6) is 0 Å². The Morgan fingerprint density at radius 1 is 1.16 bits per heavy atom. The van der Waals surface area contributed by atoms with Crippen LogP contribution in [0.3, 0.4) is 0 Å². The highest BCUT2D eigenvalue weighted by Gasteiger charge is 2.14. The second-order valence-corrected chi connectivity index (χ2v) is 7.43. The largest absolute Gasteiger partial charge is 0.247 e. The van der Waals surface area contributed by atoms with Crippen LogP contribution in [0, 0.1) is 20.8 Å². The van der Waals surface area contributed by atoms with E-state index in [-0.39, 0.29) is 11.4 Å². The number of hydrogen-bond acceptors (Lipinski definition) is 4. The SMILES string of the molecule is Cc1ccc(S(=O)(=O)NCc2sc(C)nc2C)cc1. The minimum absolute atomic E-state index is 0.285. The molecule has 0 atom stereocenters. The summed E-state index contributed by atoms with van der Waals surface area (Å²) in [6, 6.07) is 6.80. The number of sulfonamides is 1. The number of hydrogen-bond donors (Lipinski definition) is 1. The predicted octanol–water partition coefficient (Wildman–Crippen LogP) is 2.55. The first-order valence-corrected chi connectivity index (χ1v) is 8.18. The van der Waals surface area contributed by atoms with E-state index in [4.69, 9.17) is 0 Å². The minimum atomic E-state index is -3.45. The molecule has 1 N–H and O–H groups in total. The molecule has 0 aliphatic carbocycles. The minimum Gasteiger partial charge on any atom is -0.247 e. The van der Waals surface area contributed by atoms with Crippen LogP contribution >= 0.6 is 11.3 Å². The van der Waals surface area contributed by atoms with E-state index in [1.807, 2.05) is 20.8 Å². The Balaban J connectivity index is 2.14. The summed E-state index contributed by atoms with van der Waals surface area (Å²) in [5.41, 5.74) is 1.92. The molecule has 0 saturated carbocycles. The molecule has 0 aliphatic heterocycles. The van der Waals surface area contributed by atoms with Crippen LogP contribution in [0.15, 0.2) is 29.2 Å². The van der Waals surface area contributed by atoms with Crippen molar-refractivity contribution in [3.63, 3.8) is 0 Å². The zero-order valence-corrected chi connectivity index (χ0v) is 12.7. The molecule has 0 saturated heterocycles. The molecule has 0 amide bonds. The maximum Gasteiger partial charge on any atom is 0.240 e. The summed E-state index contributed by atoms with van der Waals surface area (Å²) in [6.45, 7) is 6.01. The van der Waals surface area contributed by atoms with E-state index in [1.165, 1.54) is 11.3 Å². The topological polar surface area (TPSA) is 59.1 Å². The zero-order valence-electron chi connectivity index (χ0n) is 11.1. The molecule has 6 heteroatoms. The Kier molecular flexibility index (Phi) is 4.03. The maximum atomic E-state index is 12.1. The van der Waals surface area contributed by atoms with Gasteiger partial charge in [-0.3, -0.25) is 0 Å². The summed E-state index contributed by atoms with van der Waals surface area (Å²) in [5, 5.41) is 0.946. The van der Waals surface area contributed by atoms with Gasteiger partial charge >= 0.3 is 0 Å². The second-order valence-electron chi connectivity index (χ2n) is 4.38. The van der Waals surface area contributed by atoms with E-state index >= 15 is 0 Å². The molecule has 102 valence electrons. The molecular weight excluding hydrogens is 280 g/mol. The van der Waals surface area contributed by atoms with Crippen LogP contribution in [-0.4, -0.2) is 13.4 Å². The van der Waals surface area contributed by atoms with Gasteiger partial charge < -0.3 is 0 Å². The molecule has 19 heavy (non-hydrogen) atoms. The van der Waals surface area contributed by atoms with Crippen LogP contribution in [0.1, 0.15) is 21.1 Å². The van der Waals surface area contributed by atoms with E-state index in [0.717, 1.165) is 21.1 Å². The molecule has 0 spiro atoms. The van der Waals surface area contributed by atoms with E-state index in [9.17, 15) is 8.42 Å². The Morgan fingerprint density at radius 3 is 2.32 bits per heavy atom. The number of thiazole rings is 1. The van der Waals surface area contributed by atoms with Crippen molar-refractivity contribution < 1.29 is 8.42 Å². The molecule has 1 aromatic heterocycles. The van der Waals surface area contributed by atoms with Crippen molar-refractivity contribution in [2.75, 3.05) is 0 Å². The third-order valence-corrected chi connectivity index (χ3v) is 5.24. The van der Waals surface area contributed by atoms with Crippen LogP contribution < -0.4 is 4.72 Å². The van der Waals surface area contributed by atoms with E-state index in [1.54, 1.807) is 24.3 Å². The highest BCUT2D eigenvalue weighted by molar-refractivity contribution is 7.89. The number of rotatable bonds is 4. The highest BCUT2D eigenvalue weighted by Crippen LogP contribution is 2.18. The Hall–Kier alpha value is -1.24. The van der Waals surface area contributed by atoms with Crippen molar-refractivity contribution in [3.05, 3.63) is 45.4 Å². The summed E-state index contributed by atoms with van der Waals surface area (Å²) >= 11 is 1.51. The fraction of sp³-hybridized carbons (Fsp3) is 0.308. The van der Waals surface area contributed by atoms with Gasteiger partial charge in [-0.2, -0.15) is 0 Å². The van der Waals surface area contributed by atoms with E-state index in [2.05, 4.69) is 9.71 Å². The van der Waals surface area contributed by atoms with Gasteiger partial charge in [-0.1, -0.05) is 17.7 Å². The number of nitrogens with zero attached hydrogens (tertiary/aromatic N) is 1. The van der Waals surface area contributed by atoms with Crippen molar-refractivity contribution in [2.24, 2.45) is 0 Å². The molecular formula is C13H16N2O2S2. The molecule has 0 bridgehead atoms. The molecule has 0 unspecified atom stereocenters. The summed E-state index contributed by atoms with van der Waals surface area (Å²) in [7, 11) is -3.45. The molecule has 2 rings (SSSR count). The Morgan fingerprint density at radius 2 is 1.79 bits per heavy atom. The van der Waals surface area contributed by atoms with Crippen LogP contribution in [0.2, 0.25) is 0 Å². The first-order chi connectivity index (χ1) is 8.88. The van der Waals surface area contributed by atoms with Crippen molar-refractivity contribution in [1.82, 2.24) is 9.71 Å². The second kappa shape index (κ2) is 5.40. The fourth-order valence-corrected chi connectivity index (χ4v) is 3.66. The first kappa shape index (κ1) is 14.2. The molecule has 0 radical (unpaired) electrons. The summed E-state index contributed by atoms with van der Waals surface area (Å²) in [4.78, 5) is 5.52. The fourth-order valence-electron chi connectivity index (χ4n) is 1.70. The van der Waals surface area contributed by atoms with E-state index in [0.29, 0.717) is 0 Å². The summed E-state index contributed by atoms with van der Waals surface area (Å²) in [6.07, 6.45) is 0. The van der Waals surface area contributed by atoms with E-state index < -0.39 is 10.0 Å². The Labute approximate surface area is 117 Å². The standard InChI is InChI=1S/C13H16N2O2S2/c1-9-4-6-12(7-5-9)19(16,17)14-8-13-10(2)15-11(3)18-13/h4-7,14H,8H2,1-3H3. The van der Waals surface area contributed by atoms with Gasteiger partial charge in [0, 0.05) is 11.4 Å². The lowest BCUT2D eigenvalue weighted by atomic mass is 10.2. The third kappa shape index (κ3) is 3.40. The molecule has 1 heterocycles. The third-order valence-electron chi connectivity index (χ3n) is 2.75.